The lowest BCUT2D eigenvalue weighted by molar-refractivity contribution is 0.120. The van der Waals surface area contributed by atoms with E-state index < -0.39 is 6.16 Å². The maximum absolute atomic E-state index is 11.0. The van der Waals surface area contributed by atoms with Gasteiger partial charge < -0.3 is 14.2 Å². The largest absolute Gasteiger partial charge is 0.513 e. The van der Waals surface area contributed by atoms with Crippen molar-refractivity contribution < 1.29 is 19.0 Å². The second-order valence-electron chi connectivity index (χ2n) is 2.48. The summed E-state index contributed by atoms with van der Waals surface area (Å²) in [5.74, 6) is 0.891. The lowest BCUT2D eigenvalue weighted by Crippen LogP contribution is -2.08. The van der Waals surface area contributed by atoms with Crippen LogP contribution in [-0.4, -0.2) is 20.4 Å². The highest BCUT2D eigenvalue weighted by molar-refractivity contribution is 14.1. The van der Waals surface area contributed by atoms with Gasteiger partial charge in [0.15, 0.2) is 11.5 Å². The van der Waals surface area contributed by atoms with Gasteiger partial charge in [-0.3, -0.25) is 0 Å². The van der Waals surface area contributed by atoms with E-state index in [-0.39, 0.29) is 0 Å². The van der Waals surface area contributed by atoms with Crippen molar-refractivity contribution in [1.82, 2.24) is 0 Å². The molecule has 0 unspecified atom stereocenters. The van der Waals surface area contributed by atoms with Gasteiger partial charge in [0.25, 0.3) is 0 Å². The molecule has 0 amide bonds. The van der Waals surface area contributed by atoms with E-state index in [1.165, 1.54) is 14.2 Å². The van der Waals surface area contributed by atoms with Crippen LogP contribution >= 0.6 is 45.2 Å². The molecular weight excluding hydrogens is 426 g/mol. The third kappa shape index (κ3) is 3.37. The van der Waals surface area contributed by atoms with Gasteiger partial charge in [-0.25, -0.2) is 4.79 Å². The van der Waals surface area contributed by atoms with Crippen LogP contribution in [0.1, 0.15) is 0 Å². The minimum Gasteiger partial charge on any atom is -0.492 e. The van der Waals surface area contributed by atoms with Crippen LogP contribution in [0.4, 0.5) is 4.79 Å². The predicted molar refractivity (Wildman–Crippen MR) is 71.5 cm³/mol. The summed E-state index contributed by atoms with van der Waals surface area (Å²) in [4.78, 5) is 11.0. The van der Waals surface area contributed by atoms with Gasteiger partial charge in [0.2, 0.25) is 0 Å². The molecule has 1 aromatic carbocycles. The van der Waals surface area contributed by atoms with Crippen molar-refractivity contribution in [3.8, 4) is 11.5 Å². The molecule has 0 aliphatic heterocycles. The molecule has 4 nitrogen and oxygen atoms in total. The molecule has 0 aromatic heterocycles. The zero-order valence-corrected chi connectivity index (χ0v) is 12.4. The summed E-state index contributed by atoms with van der Waals surface area (Å²) in [5.41, 5.74) is 0. The van der Waals surface area contributed by atoms with Gasteiger partial charge in [0.1, 0.15) is 0 Å². The second kappa shape index (κ2) is 5.73. The first-order chi connectivity index (χ1) is 7.08. The topological polar surface area (TPSA) is 44.8 Å². The Morgan fingerprint density at radius 2 is 1.93 bits per heavy atom. The predicted octanol–water partition coefficient (Wildman–Crippen LogP) is 3.05. The van der Waals surface area contributed by atoms with Crippen LogP contribution in [0.15, 0.2) is 12.1 Å². The first kappa shape index (κ1) is 12.8. The molecule has 0 saturated carbocycles. The molecule has 1 rings (SSSR count). The molecule has 0 spiro atoms. The summed E-state index contributed by atoms with van der Waals surface area (Å²) in [7, 11) is 2.78. The Labute approximate surface area is 115 Å². The number of hydrogen-bond donors (Lipinski definition) is 0. The average Bonchev–Trinajstić information content (AvgIpc) is 2.17. The van der Waals surface area contributed by atoms with Crippen molar-refractivity contribution >= 4 is 51.3 Å². The standard InChI is InChI=1S/C9H8I2O4/c1-13-8-6(11)3-5(10)4-7(8)15-9(12)14-2/h3-4H,1-2H3. The van der Waals surface area contributed by atoms with Crippen molar-refractivity contribution in [2.75, 3.05) is 14.2 Å². The number of benzene rings is 1. The van der Waals surface area contributed by atoms with Crippen LogP contribution in [0.25, 0.3) is 0 Å². The van der Waals surface area contributed by atoms with E-state index in [0.29, 0.717) is 11.5 Å². The number of hydrogen-bond acceptors (Lipinski definition) is 4. The molecule has 0 saturated heterocycles. The van der Waals surface area contributed by atoms with E-state index >= 15 is 0 Å². The van der Waals surface area contributed by atoms with Gasteiger partial charge >= 0.3 is 6.16 Å². The third-order valence-electron chi connectivity index (χ3n) is 1.54. The fourth-order valence-corrected chi connectivity index (χ4v) is 2.95. The zero-order chi connectivity index (χ0) is 11.4. The van der Waals surface area contributed by atoms with Gasteiger partial charge in [0, 0.05) is 3.57 Å². The molecule has 0 N–H and O–H groups in total. The van der Waals surface area contributed by atoms with Crippen LogP contribution in [0.2, 0.25) is 0 Å². The monoisotopic (exact) mass is 434 g/mol. The molecule has 0 fully saturated rings. The Morgan fingerprint density at radius 1 is 1.27 bits per heavy atom. The first-order valence-corrected chi connectivity index (χ1v) is 6.03. The quantitative estimate of drug-likeness (QED) is 0.408. The van der Waals surface area contributed by atoms with E-state index in [0.717, 1.165) is 7.14 Å². The molecule has 6 heteroatoms. The summed E-state index contributed by atoms with van der Waals surface area (Å²) in [6.45, 7) is 0. The van der Waals surface area contributed by atoms with Crippen molar-refractivity contribution in [1.29, 1.82) is 0 Å². The number of rotatable bonds is 2. The smallest absolute Gasteiger partial charge is 0.492 e. The van der Waals surface area contributed by atoms with Crippen LogP contribution in [0.5, 0.6) is 11.5 Å². The zero-order valence-electron chi connectivity index (χ0n) is 8.04. The van der Waals surface area contributed by atoms with Crippen molar-refractivity contribution in [2.24, 2.45) is 0 Å². The van der Waals surface area contributed by atoms with E-state index in [1.807, 2.05) is 6.07 Å². The summed E-state index contributed by atoms with van der Waals surface area (Å²) in [5, 5.41) is 0. The normalized spacial score (nSPS) is 9.60. The Morgan fingerprint density at radius 3 is 2.47 bits per heavy atom. The molecular formula is C9H8I2O4. The number of carbonyl (C=O) groups excluding carboxylic acids is 1. The Kier molecular flexibility index (Phi) is 4.90. The van der Waals surface area contributed by atoms with Gasteiger partial charge in [-0.15, -0.1) is 0 Å². The van der Waals surface area contributed by atoms with Gasteiger partial charge in [-0.2, -0.15) is 0 Å². The van der Waals surface area contributed by atoms with Crippen molar-refractivity contribution in [3.63, 3.8) is 0 Å². The van der Waals surface area contributed by atoms with Crippen LogP contribution in [-0.2, 0) is 4.74 Å². The molecule has 0 atom stereocenters. The Bertz CT molecular complexity index is 379. The van der Waals surface area contributed by atoms with Crippen molar-refractivity contribution in [2.45, 2.75) is 0 Å². The Hall–Kier alpha value is -0.250. The number of halogens is 2. The highest BCUT2D eigenvalue weighted by Gasteiger charge is 2.14. The van der Waals surface area contributed by atoms with Crippen LogP contribution in [0.3, 0.4) is 0 Å². The van der Waals surface area contributed by atoms with Gasteiger partial charge in [0.05, 0.1) is 17.8 Å². The minimum absolute atomic E-state index is 0.362. The molecule has 0 bridgehead atoms. The third-order valence-corrected chi connectivity index (χ3v) is 2.96. The minimum atomic E-state index is -0.758. The molecule has 0 radical (unpaired) electrons. The van der Waals surface area contributed by atoms with Crippen molar-refractivity contribution in [3.05, 3.63) is 19.3 Å². The van der Waals surface area contributed by atoms with Gasteiger partial charge in [-0.05, 0) is 57.3 Å². The average molecular weight is 434 g/mol. The second-order valence-corrected chi connectivity index (χ2v) is 4.88. The maximum atomic E-state index is 11.0. The molecule has 0 aliphatic carbocycles. The van der Waals surface area contributed by atoms with E-state index in [1.54, 1.807) is 6.07 Å². The first-order valence-electron chi connectivity index (χ1n) is 3.87. The van der Waals surface area contributed by atoms with E-state index in [9.17, 15) is 4.79 Å². The molecule has 1 aromatic rings. The van der Waals surface area contributed by atoms with E-state index in [2.05, 4.69) is 49.9 Å². The van der Waals surface area contributed by atoms with Gasteiger partial charge in [-0.1, -0.05) is 0 Å². The maximum Gasteiger partial charge on any atom is 0.513 e. The number of carbonyl (C=O) groups is 1. The summed E-state index contributed by atoms with van der Waals surface area (Å²) in [6.07, 6.45) is -0.758. The lowest BCUT2D eigenvalue weighted by atomic mass is 10.3. The molecule has 82 valence electrons. The highest BCUT2D eigenvalue weighted by Crippen LogP contribution is 2.34. The SMILES string of the molecule is COC(=O)Oc1cc(I)cc(I)c1OC. The van der Waals surface area contributed by atoms with Crippen LogP contribution in [0, 0.1) is 7.14 Å². The molecule has 15 heavy (non-hydrogen) atoms. The fraction of sp³-hybridized carbons (Fsp3) is 0.222. The summed E-state index contributed by atoms with van der Waals surface area (Å²) in [6, 6.07) is 3.63. The fourth-order valence-electron chi connectivity index (χ4n) is 0.942. The number of methoxy groups -OCH3 is 2. The summed E-state index contributed by atoms with van der Waals surface area (Å²) < 4.78 is 16.3. The highest BCUT2D eigenvalue weighted by atomic mass is 127. The molecule has 0 heterocycles. The summed E-state index contributed by atoms with van der Waals surface area (Å²) >= 11 is 4.24. The van der Waals surface area contributed by atoms with Crippen LogP contribution < -0.4 is 9.47 Å². The Balaban J connectivity index is 3.09. The molecule has 0 aliphatic rings. The number of ether oxygens (including phenoxy) is 3. The van der Waals surface area contributed by atoms with E-state index in [4.69, 9.17) is 9.47 Å². The lowest BCUT2D eigenvalue weighted by Gasteiger charge is -2.10.